The summed E-state index contributed by atoms with van der Waals surface area (Å²) in [6.07, 6.45) is 1.97. The van der Waals surface area contributed by atoms with Crippen LogP contribution in [0.5, 0.6) is 0 Å². The van der Waals surface area contributed by atoms with Crippen molar-refractivity contribution in [3.05, 3.63) is 47.5 Å². The molecule has 1 aromatic heterocycles. The van der Waals surface area contributed by atoms with Gasteiger partial charge in [0.25, 0.3) is 5.91 Å². The second kappa shape index (κ2) is 7.18. The monoisotopic (exact) mass is 381 g/mol. The Hall–Kier alpha value is -2.23. The molecule has 1 aromatic carbocycles. The van der Waals surface area contributed by atoms with E-state index in [1.165, 1.54) is 29.0 Å². The standard InChI is InChI=1S/C17H20FN3O4S/c1-11-5-12(18)7-14(6-11)19-17(22)16-8-15(9-21(16)2)26(23,24)20-13-3-4-25-10-13/h5-9,13,20H,3-4,10H2,1-2H3,(H,19,22)/t13-/m0/s1. The number of anilines is 1. The van der Waals surface area contributed by atoms with Crippen LogP contribution in [-0.4, -0.2) is 38.1 Å². The maximum Gasteiger partial charge on any atom is 0.272 e. The normalized spacial score (nSPS) is 17.4. The lowest BCUT2D eigenvalue weighted by Crippen LogP contribution is -2.34. The van der Waals surface area contributed by atoms with Crippen molar-refractivity contribution in [2.75, 3.05) is 18.5 Å². The number of amides is 1. The molecule has 2 heterocycles. The van der Waals surface area contributed by atoms with Crippen LogP contribution in [0.15, 0.2) is 35.4 Å². The predicted octanol–water partition coefficient (Wildman–Crippen LogP) is 1.79. The van der Waals surface area contributed by atoms with Crippen molar-refractivity contribution in [1.29, 1.82) is 0 Å². The van der Waals surface area contributed by atoms with Gasteiger partial charge in [0.2, 0.25) is 10.0 Å². The van der Waals surface area contributed by atoms with Gasteiger partial charge in [-0.3, -0.25) is 4.79 Å². The number of carbonyl (C=O) groups excluding carboxylic acids is 1. The number of aryl methyl sites for hydroxylation is 2. The zero-order chi connectivity index (χ0) is 18.9. The Labute approximate surface area is 151 Å². The lowest BCUT2D eigenvalue weighted by Gasteiger charge is -2.09. The van der Waals surface area contributed by atoms with Gasteiger partial charge >= 0.3 is 0 Å². The molecule has 140 valence electrons. The van der Waals surface area contributed by atoms with E-state index in [1.54, 1.807) is 20.0 Å². The van der Waals surface area contributed by atoms with Crippen molar-refractivity contribution in [3.8, 4) is 0 Å². The molecule has 7 nitrogen and oxygen atoms in total. The second-order valence-corrected chi connectivity index (χ2v) is 8.04. The molecule has 1 atom stereocenters. The Kier molecular flexibility index (Phi) is 5.12. The molecule has 1 saturated heterocycles. The summed E-state index contributed by atoms with van der Waals surface area (Å²) in [5.41, 5.74) is 1.12. The van der Waals surface area contributed by atoms with Gasteiger partial charge in [-0.15, -0.1) is 0 Å². The van der Waals surface area contributed by atoms with Gasteiger partial charge in [0.1, 0.15) is 16.4 Å². The van der Waals surface area contributed by atoms with Gasteiger partial charge in [-0.2, -0.15) is 0 Å². The molecule has 2 N–H and O–H groups in total. The summed E-state index contributed by atoms with van der Waals surface area (Å²) in [4.78, 5) is 12.4. The fraction of sp³-hybridized carbons (Fsp3) is 0.353. The number of benzene rings is 1. The lowest BCUT2D eigenvalue weighted by atomic mass is 10.2. The van der Waals surface area contributed by atoms with Crippen molar-refractivity contribution >= 4 is 21.6 Å². The lowest BCUT2D eigenvalue weighted by molar-refractivity contribution is 0.101. The smallest absolute Gasteiger partial charge is 0.272 e. The van der Waals surface area contributed by atoms with E-state index in [9.17, 15) is 17.6 Å². The van der Waals surface area contributed by atoms with Gasteiger partial charge in [-0.1, -0.05) is 0 Å². The summed E-state index contributed by atoms with van der Waals surface area (Å²) in [5, 5.41) is 2.58. The van der Waals surface area contributed by atoms with Gasteiger partial charge in [-0.05, 0) is 43.2 Å². The van der Waals surface area contributed by atoms with E-state index in [4.69, 9.17) is 4.74 Å². The van der Waals surface area contributed by atoms with Crippen molar-refractivity contribution in [2.24, 2.45) is 7.05 Å². The molecule has 9 heteroatoms. The highest BCUT2D eigenvalue weighted by Crippen LogP contribution is 2.18. The molecule has 3 rings (SSSR count). The average Bonchev–Trinajstić information content (AvgIpc) is 3.15. The summed E-state index contributed by atoms with van der Waals surface area (Å²) >= 11 is 0. The number of halogens is 1. The highest BCUT2D eigenvalue weighted by atomic mass is 32.2. The average molecular weight is 381 g/mol. The number of nitrogens with one attached hydrogen (secondary N) is 2. The Morgan fingerprint density at radius 2 is 2.08 bits per heavy atom. The van der Waals surface area contributed by atoms with E-state index in [0.29, 0.717) is 30.9 Å². The first-order chi connectivity index (χ1) is 12.2. The van der Waals surface area contributed by atoms with Gasteiger partial charge < -0.3 is 14.6 Å². The number of hydrogen-bond acceptors (Lipinski definition) is 4. The number of ether oxygens (including phenoxy) is 1. The van der Waals surface area contributed by atoms with E-state index in [-0.39, 0.29) is 16.6 Å². The molecular formula is C17H20FN3O4S. The largest absolute Gasteiger partial charge is 0.380 e. The molecule has 0 radical (unpaired) electrons. The number of carbonyl (C=O) groups is 1. The van der Waals surface area contributed by atoms with Crippen LogP contribution in [0.2, 0.25) is 0 Å². The van der Waals surface area contributed by atoms with E-state index in [1.807, 2.05) is 0 Å². The molecule has 0 spiro atoms. The Bertz CT molecular complexity index is 913. The Morgan fingerprint density at radius 3 is 2.73 bits per heavy atom. The van der Waals surface area contributed by atoms with Crippen LogP contribution in [-0.2, 0) is 21.8 Å². The molecule has 0 unspecified atom stereocenters. The van der Waals surface area contributed by atoms with E-state index >= 15 is 0 Å². The van der Waals surface area contributed by atoms with E-state index < -0.39 is 21.7 Å². The molecule has 1 amide bonds. The summed E-state index contributed by atoms with van der Waals surface area (Å²) in [5.74, 6) is -0.985. The van der Waals surface area contributed by atoms with Crippen molar-refractivity contribution in [2.45, 2.75) is 24.3 Å². The maximum absolute atomic E-state index is 13.5. The van der Waals surface area contributed by atoms with E-state index in [2.05, 4.69) is 10.0 Å². The molecule has 26 heavy (non-hydrogen) atoms. The minimum Gasteiger partial charge on any atom is -0.380 e. The second-order valence-electron chi connectivity index (χ2n) is 6.33. The van der Waals surface area contributed by atoms with Crippen LogP contribution in [0.25, 0.3) is 0 Å². The van der Waals surface area contributed by atoms with Gasteiger partial charge in [-0.25, -0.2) is 17.5 Å². The van der Waals surface area contributed by atoms with Crippen molar-refractivity contribution < 1.29 is 22.3 Å². The minimum absolute atomic E-state index is 0.00697. The first-order valence-corrected chi connectivity index (χ1v) is 9.58. The molecule has 1 aliphatic rings. The SMILES string of the molecule is Cc1cc(F)cc(NC(=O)c2cc(S(=O)(=O)N[C@H]3CCOC3)cn2C)c1. The first-order valence-electron chi connectivity index (χ1n) is 8.09. The molecule has 0 bridgehead atoms. The maximum atomic E-state index is 13.5. The minimum atomic E-state index is -3.76. The number of hydrogen-bond donors (Lipinski definition) is 2. The van der Waals surface area contributed by atoms with Gasteiger partial charge in [0.15, 0.2) is 0 Å². The summed E-state index contributed by atoms with van der Waals surface area (Å²) in [6.45, 7) is 2.56. The summed E-state index contributed by atoms with van der Waals surface area (Å²) in [7, 11) is -2.18. The van der Waals surface area contributed by atoms with Crippen LogP contribution >= 0.6 is 0 Å². The van der Waals surface area contributed by atoms with Gasteiger partial charge in [0, 0.05) is 31.6 Å². The third-order valence-electron chi connectivity index (χ3n) is 4.07. The Balaban J connectivity index is 1.79. The van der Waals surface area contributed by atoms with Crippen LogP contribution in [0, 0.1) is 12.7 Å². The Morgan fingerprint density at radius 1 is 1.31 bits per heavy atom. The fourth-order valence-corrected chi connectivity index (χ4v) is 4.15. The molecular weight excluding hydrogens is 361 g/mol. The van der Waals surface area contributed by atoms with Crippen LogP contribution in [0.1, 0.15) is 22.5 Å². The summed E-state index contributed by atoms with van der Waals surface area (Å²) < 4.78 is 47.5. The number of sulfonamides is 1. The zero-order valence-electron chi connectivity index (χ0n) is 14.5. The molecule has 0 saturated carbocycles. The number of rotatable bonds is 5. The molecule has 0 aliphatic carbocycles. The fourth-order valence-electron chi connectivity index (χ4n) is 2.83. The third-order valence-corrected chi connectivity index (χ3v) is 5.56. The van der Waals surface area contributed by atoms with Crippen LogP contribution < -0.4 is 10.0 Å². The first kappa shape index (κ1) is 18.6. The third kappa shape index (κ3) is 4.12. The number of aromatic nitrogens is 1. The molecule has 1 fully saturated rings. The topological polar surface area (TPSA) is 89.4 Å². The quantitative estimate of drug-likeness (QED) is 0.826. The number of nitrogens with zero attached hydrogens (tertiary/aromatic N) is 1. The summed E-state index contributed by atoms with van der Waals surface area (Å²) in [6, 6.07) is 5.20. The predicted molar refractivity (Wildman–Crippen MR) is 94.0 cm³/mol. The highest BCUT2D eigenvalue weighted by molar-refractivity contribution is 7.89. The van der Waals surface area contributed by atoms with Crippen molar-refractivity contribution in [3.63, 3.8) is 0 Å². The van der Waals surface area contributed by atoms with Crippen molar-refractivity contribution in [1.82, 2.24) is 9.29 Å². The molecule has 1 aliphatic heterocycles. The highest BCUT2D eigenvalue weighted by Gasteiger charge is 2.26. The van der Waals surface area contributed by atoms with E-state index in [0.717, 1.165) is 0 Å². The molecule has 2 aromatic rings. The van der Waals surface area contributed by atoms with Crippen LogP contribution in [0.4, 0.5) is 10.1 Å². The zero-order valence-corrected chi connectivity index (χ0v) is 15.3. The van der Waals surface area contributed by atoms with Gasteiger partial charge in [0.05, 0.1) is 6.61 Å². The van der Waals surface area contributed by atoms with Crippen LogP contribution in [0.3, 0.4) is 0 Å².